The SMILES string of the molecule is CCOC1CC(N)(C(=O)NCC(=O)Nc2ccc(-n3cccn3)cc2)C1(C)C.Cl. The monoisotopic (exact) mass is 421 g/mol. The van der Waals surface area contributed by atoms with Crippen molar-refractivity contribution in [2.24, 2.45) is 11.1 Å². The summed E-state index contributed by atoms with van der Waals surface area (Å²) in [6.07, 6.45) is 3.91. The van der Waals surface area contributed by atoms with E-state index in [0.717, 1.165) is 5.69 Å². The number of aromatic nitrogens is 2. The minimum absolute atomic E-state index is 0. The number of ether oxygens (including phenoxy) is 1. The minimum Gasteiger partial charge on any atom is -0.378 e. The Bertz CT molecular complexity index is 838. The quantitative estimate of drug-likeness (QED) is 0.632. The van der Waals surface area contributed by atoms with Gasteiger partial charge in [-0.3, -0.25) is 9.59 Å². The standard InChI is InChI=1S/C20H27N5O3.ClH/c1-4-28-16-12-20(21,19(16,2)3)18(27)22-13-17(26)24-14-6-8-15(9-7-14)25-11-5-10-23-25;/h5-11,16H,4,12-13,21H2,1-3H3,(H,22,27)(H,24,26);1H. The van der Waals surface area contributed by atoms with Crippen LogP contribution in [0.1, 0.15) is 27.2 Å². The van der Waals surface area contributed by atoms with E-state index in [0.29, 0.717) is 18.7 Å². The molecule has 2 aromatic rings. The number of benzene rings is 1. The van der Waals surface area contributed by atoms with Crippen LogP contribution in [0.5, 0.6) is 0 Å². The predicted octanol–water partition coefficient (Wildman–Crippen LogP) is 1.88. The number of hydrogen-bond donors (Lipinski definition) is 3. The molecule has 8 nitrogen and oxygen atoms in total. The lowest BCUT2D eigenvalue weighted by atomic mass is 9.54. The van der Waals surface area contributed by atoms with Crippen molar-refractivity contribution in [2.75, 3.05) is 18.5 Å². The summed E-state index contributed by atoms with van der Waals surface area (Å²) in [5.74, 6) is -0.653. The Morgan fingerprint density at radius 2 is 2.00 bits per heavy atom. The van der Waals surface area contributed by atoms with E-state index in [-0.39, 0.29) is 36.9 Å². The maximum atomic E-state index is 12.6. The van der Waals surface area contributed by atoms with Crippen LogP contribution in [0.25, 0.3) is 5.69 Å². The van der Waals surface area contributed by atoms with Crippen LogP contribution < -0.4 is 16.4 Å². The zero-order valence-electron chi connectivity index (χ0n) is 16.8. The van der Waals surface area contributed by atoms with Gasteiger partial charge in [0.05, 0.1) is 18.3 Å². The van der Waals surface area contributed by atoms with Crippen molar-refractivity contribution in [1.82, 2.24) is 15.1 Å². The second-order valence-corrected chi connectivity index (χ2v) is 7.57. The Kier molecular flexibility index (Phi) is 7.05. The molecule has 1 aromatic heterocycles. The predicted molar refractivity (Wildman–Crippen MR) is 113 cm³/mol. The van der Waals surface area contributed by atoms with Gasteiger partial charge in [-0.1, -0.05) is 13.8 Å². The molecule has 0 saturated heterocycles. The van der Waals surface area contributed by atoms with Gasteiger partial charge >= 0.3 is 0 Å². The van der Waals surface area contributed by atoms with Crippen LogP contribution in [-0.2, 0) is 14.3 Å². The molecule has 29 heavy (non-hydrogen) atoms. The first-order chi connectivity index (χ1) is 13.3. The van der Waals surface area contributed by atoms with Crippen LogP contribution in [0.3, 0.4) is 0 Å². The van der Waals surface area contributed by atoms with Gasteiger partial charge in [-0.2, -0.15) is 5.10 Å². The second-order valence-electron chi connectivity index (χ2n) is 7.57. The van der Waals surface area contributed by atoms with Gasteiger partial charge in [0.2, 0.25) is 11.8 Å². The fourth-order valence-corrected chi connectivity index (χ4v) is 3.46. The molecule has 0 spiro atoms. The largest absolute Gasteiger partial charge is 0.378 e. The molecule has 1 fully saturated rings. The summed E-state index contributed by atoms with van der Waals surface area (Å²) in [4.78, 5) is 24.7. The number of carbonyl (C=O) groups is 2. The maximum absolute atomic E-state index is 12.6. The minimum atomic E-state index is -1.04. The van der Waals surface area contributed by atoms with E-state index in [4.69, 9.17) is 10.5 Å². The summed E-state index contributed by atoms with van der Waals surface area (Å²) >= 11 is 0. The van der Waals surface area contributed by atoms with Crippen molar-refractivity contribution in [3.63, 3.8) is 0 Å². The number of hydrogen-bond acceptors (Lipinski definition) is 5. The zero-order chi connectivity index (χ0) is 20.4. The highest BCUT2D eigenvalue weighted by Crippen LogP contribution is 2.49. The van der Waals surface area contributed by atoms with Gasteiger partial charge < -0.3 is 21.1 Å². The number of rotatable bonds is 7. The van der Waals surface area contributed by atoms with E-state index in [1.165, 1.54) is 0 Å². The molecule has 9 heteroatoms. The molecular weight excluding hydrogens is 394 g/mol. The molecule has 158 valence electrons. The molecule has 0 bridgehead atoms. The zero-order valence-corrected chi connectivity index (χ0v) is 17.7. The number of nitrogens with one attached hydrogen (secondary N) is 2. The van der Waals surface area contributed by atoms with E-state index in [2.05, 4.69) is 15.7 Å². The van der Waals surface area contributed by atoms with E-state index in [1.54, 1.807) is 23.0 Å². The first-order valence-corrected chi connectivity index (χ1v) is 9.36. The molecule has 1 aromatic carbocycles. The topological polar surface area (TPSA) is 111 Å². The molecule has 1 aliphatic rings. The Morgan fingerprint density at radius 3 is 2.55 bits per heavy atom. The van der Waals surface area contributed by atoms with Gasteiger partial charge in [-0.25, -0.2) is 4.68 Å². The van der Waals surface area contributed by atoms with Crippen molar-refractivity contribution in [2.45, 2.75) is 38.8 Å². The lowest BCUT2D eigenvalue weighted by Gasteiger charge is -2.57. The van der Waals surface area contributed by atoms with Gasteiger partial charge in [-0.15, -0.1) is 12.4 Å². The number of anilines is 1. The van der Waals surface area contributed by atoms with Crippen LogP contribution in [0, 0.1) is 5.41 Å². The highest BCUT2D eigenvalue weighted by molar-refractivity contribution is 5.97. The summed E-state index contributed by atoms with van der Waals surface area (Å²) in [7, 11) is 0. The van der Waals surface area contributed by atoms with Crippen molar-refractivity contribution in [3.05, 3.63) is 42.7 Å². The Hall–Kier alpha value is -2.42. The fourth-order valence-electron chi connectivity index (χ4n) is 3.46. The normalized spacial score (nSPS) is 22.1. The van der Waals surface area contributed by atoms with Crippen LogP contribution in [-0.4, -0.2) is 46.4 Å². The molecule has 1 heterocycles. The van der Waals surface area contributed by atoms with Gasteiger partial charge in [0, 0.05) is 36.5 Å². The van der Waals surface area contributed by atoms with Crippen molar-refractivity contribution >= 4 is 29.9 Å². The van der Waals surface area contributed by atoms with Crippen LogP contribution >= 0.6 is 12.4 Å². The fraction of sp³-hybridized carbons (Fsp3) is 0.450. The summed E-state index contributed by atoms with van der Waals surface area (Å²) in [6, 6.07) is 9.09. The molecular formula is C20H28ClN5O3. The molecule has 2 atom stereocenters. The Labute approximate surface area is 176 Å². The van der Waals surface area contributed by atoms with Crippen molar-refractivity contribution in [3.8, 4) is 5.69 Å². The molecule has 4 N–H and O–H groups in total. The number of nitrogens with two attached hydrogens (primary N) is 1. The molecule has 2 unspecified atom stereocenters. The second kappa shape index (κ2) is 8.94. The summed E-state index contributed by atoms with van der Waals surface area (Å²) in [5.41, 5.74) is 6.30. The Balaban J connectivity index is 0.00000300. The van der Waals surface area contributed by atoms with Gasteiger partial charge in [0.15, 0.2) is 0 Å². The maximum Gasteiger partial charge on any atom is 0.243 e. The molecule has 2 amide bonds. The number of halogens is 1. The van der Waals surface area contributed by atoms with E-state index in [9.17, 15) is 9.59 Å². The van der Waals surface area contributed by atoms with Crippen LogP contribution in [0.4, 0.5) is 5.69 Å². The average molecular weight is 422 g/mol. The Morgan fingerprint density at radius 1 is 1.31 bits per heavy atom. The highest BCUT2D eigenvalue weighted by atomic mass is 35.5. The molecule has 0 radical (unpaired) electrons. The van der Waals surface area contributed by atoms with Gasteiger partial charge in [-0.05, 0) is 37.3 Å². The molecule has 1 aliphatic carbocycles. The third-order valence-electron chi connectivity index (χ3n) is 5.56. The van der Waals surface area contributed by atoms with Gasteiger partial charge in [0.1, 0.15) is 5.54 Å². The summed E-state index contributed by atoms with van der Waals surface area (Å²) in [6.45, 7) is 6.18. The van der Waals surface area contributed by atoms with Crippen LogP contribution in [0.2, 0.25) is 0 Å². The van der Waals surface area contributed by atoms with Crippen molar-refractivity contribution in [1.29, 1.82) is 0 Å². The van der Waals surface area contributed by atoms with E-state index >= 15 is 0 Å². The number of nitrogens with zero attached hydrogens (tertiary/aromatic N) is 2. The van der Waals surface area contributed by atoms with Gasteiger partial charge in [0.25, 0.3) is 0 Å². The molecule has 1 saturated carbocycles. The van der Waals surface area contributed by atoms with E-state index < -0.39 is 11.0 Å². The average Bonchev–Trinajstić information content (AvgIpc) is 3.21. The van der Waals surface area contributed by atoms with Crippen LogP contribution in [0.15, 0.2) is 42.7 Å². The summed E-state index contributed by atoms with van der Waals surface area (Å²) < 4.78 is 7.36. The molecule has 0 aliphatic heterocycles. The number of amides is 2. The smallest absolute Gasteiger partial charge is 0.243 e. The third kappa shape index (κ3) is 4.44. The lowest BCUT2D eigenvalue weighted by molar-refractivity contribution is -0.170. The van der Waals surface area contributed by atoms with Crippen molar-refractivity contribution < 1.29 is 14.3 Å². The summed E-state index contributed by atoms with van der Waals surface area (Å²) in [5, 5.41) is 9.56. The first-order valence-electron chi connectivity index (χ1n) is 9.36. The van der Waals surface area contributed by atoms with E-state index in [1.807, 2.05) is 45.2 Å². The number of carbonyl (C=O) groups excluding carboxylic acids is 2. The highest BCUT2D eigenvalue weighted by Gasteiger charge is 2.62. The molecule has 3 rings (SSSR count). The first kappa shape index (κ1) is 22.9. The lowest BCUT2D eigenvalue weighted by Crippen LogP contribution is -2.76. The third-order valence-corrected chi connectivity index (χ3v) is 5.56.